The molecular weight excluding hydrogens is 488 g/mol. The molecule has 0 amide bonds. The molecule has 0 bridgehead atoms. The SMILES string of the molecule is CNC(=S)NCC1CCc2cc(/C=C/C(c3cc(Cl)c(Cl)c(Cl)c3)C(F)(F)F)ccc21. The van der Waals surface area contributed by atoms with Gasteiger partial charge in [-0.25, -0.2) is 0 Å². The standard InChI is InChI=1S/C22H20Cl3F3N2S/c1-29-21(31)30-11-14-5-4-13-8-12(2-6-16(13)14)3-7-17(22(26,27)28)15-9-18(23)20(25)19(24)10-15/h2-3,6-10,14,17H,4-5,11H2,1H3,(H2,29,30,31)/b7-3+. The second-order valence-corrected chi connectivity index (χ2v) is 8.93. The van der Waals surface area contributed by atoms with Crippen molar-refractivity contribution >= 4 is 58.2 Å². The summed E-state index contributed by atoms with van der Waals surface area (Å²) in [5.74, 6) is -1.53. The second kappa shape index (κ2) is 9.99. The van der Waals surface area contributed by atoms with Crippen LogP contribution in [0.25, 0.3) is 6.08 Å². The van der Waals surface area contributed by atoms with Crippen molar-refractivity contribution in [2.75, 3.05) is 13.6 Å². The maximum Gasteiger partial charge on any atom is 0.399 e. The molecule has 2 aromatic rings. The van der Waals surface area contributed by atoms with Crippen LogP contribution >= 0.6 is 47.0 Å². The fraction of sp³-hybridized carbons (Fsp3) is 0.318. The van der Waals surface area contributed by atoms with E-state index < -0.39 is 12.1 Å². The van der Waals surface area contributed by atoms with Gasteiger partial charge in [0.25, 0.3) is 0 Å². The van der Waals surface area contributed by atoms with Crippen LogP contribution in [0, 0.1) is 0 Å². The molecule has 9 heteroatoms. The molecular formula is C22H20Cl3F3N2S. The number of benzene rings is 2. The molecule has 2 atom stereocenters. The van der Waals surface area contributed by atoms with Crippen molar-refractivity contribution < 1.29 is 13.2 Å². The van der Waals surface area contributed by atoms with Gasteiger partial charge < -0.3 is 10.6 Å². The number of hydrogen-bond donors (Lipinski definition) is 2. The molecule has 166 valence electrons. The minimum absolute atomic E-state index is 0.0123. The van der Waals surface area contributed by atoms with Crippen molar-refractivity contribution in [3.8, 4) is 0 Å². The summed E-state index contributed by atoms with van der Waals surface area (Å²) in [5.41, 5.74) is 2.99. The molecule has 1 aliphatic rings. The predicted molar refractivity (Wildman–Crippen MR) is 126 cm³/mol. The predicted octanol–water partition coefficient (Wildman–Crippen LogP) is 7.13. The van der Waals surface area contributed by atoms with E-state index in [9.17, 15) is 13.2 Å². The van der Waals surface area contributed by atoms with E-state index in [4.69, 9.17) is 47.0 Å². The minimum Gasteiger partial charge on any atom is -0.366 e. The molecule has 0 heterocycles. The number of rotatable bonds is 5. The summed E-state index contributed by atoms with van der Waals surface area (Å²) in [4.78, 5) is 0. The van der Waals surface area contributed by atoms with Crippen LogP contribution < -0.4 is 10.6 Å². The van der Waals surface area contributed by atoms with Gasteiger partial charge in [0.1, 0.15) is 0 Å². The molecule has 0 saturated heterocycles. The quantitative estimate of drug-likeness (QED) is 0.332. The maximum absolute atomic E-state index is 13.7. The van der Waals surface area contributed by atoms with Crippen LogP contribution in [0.2, 0.25) is 15.1 Å². The molecule has 0 aromatic heterocycles. The third kappa shape index (κ3) is 5.86. The molecule has 2 nitrogen and oxygen atoms in total. The Hall–Kier alpha value is -1.47. The van der Waals surface area contributed by atoms with Gasteiger partial charge in [0.15, 0.2) is 5.11 Å². The van der Waals surface area contributed by atoms with E-state index in [0.717, 1.165) is 31.0 Å². The number of fused-ring (bicyclic) bond motifs is 1. The third-order valence-corrected chi connectivity index (χ3v) is 6.85. The molecule has 1 aliphatic carbocycles. The molecule has 0 fully saturated rings. The van der Waals surface area contributed by atoms with Gasteiger partial charge in [0.2, 0.25) is 0 Å². The normalized spacial score (nSPS) is 16.9. The van der Waals surface area contributed by atoms with E-state index in [1.807, 2.05) is 18.2 Å². The smallest absolute Gasteiger partial charge is 0.366 e. The molecule has 3 rings (SSSR count). The largest absolute Gasteiger partial charge is 0.399 e. The van der Waals surface area contributed by atoms with Gasteiger partial charge in [-0.3, -0.25) is 0 Å². The Labute approximate surface area is 199 Å². The zero-order valence-corrected chi connectivity index (χ0v) is 19.6. The van der Waals surface area contributed by atoms with Crippen molar-refractivity contribution in [2.45, 2.75) is 30.9 Å². The minimum atomic E-state index is -4.50. The average molecular weight is 508 g/mol. The molecule has 0 aliphatic heterocycles. The highest BCUT2D eigenvalue weighted by atomic mass is 35.5. The monoisotopic (exact) mass is 506 g/mol. The fourth-order valence-electron chi connectivity index (χ4n) is 3.72. The number of aryl methyl sites for hydroxylation is 1. The van der Waals surface area contributed by atoms with E-state index in [1.165, 1.54) is 23.8 Å². The fourth-order valence-corrected chi connectivity index (χ4v) is 4.41. The lowest BCUT2D eigenvalue weighted by Crippen LogP contribution is -2.34. The lowest BCUT2D eigenvalue weighted by molar-refractivity contribution is -0.139. The molecule has 2 unspecified atom stereocenters. The summed E-state index contributed by atoms with van der Waals surface area (Å²) in [5, 5.41) is 6.65. The van der Waals surface area contributed by atoms with Gasteiger partial charge in [-0.2, -0.15) is 13.2 Å². The first-order valence-electron chi connectivity index (χ1n) is 9.58. The van der Waals surface area contributed by atoms with Crippen LogP contribution in [0.15, 0.2) is 36.4 Å². The number of halogens is 6. The molecule has 2 N–H and O–H groups in total. The second-order valence-electron chi connectivity index (χ2n) is 7.33. The Morgan fingerprint density at radius 3 is 2.48 bits per heavy atom. The Morgan fingerprint density at radius 2 is 1.87 bits per heavy atom. The van der Waals surface area contributed by atoms with Gasteiger partial charge in [-0.1, -0.05) is 65.2 Å². The number of thiocarbonyl (C=S) groups is 1. The lowest BCUT2D eigenvalue weighted by Gasteiger charge is -2.18. The zero-order chi connectivity index (χ0) is 22.8. The molecule has 0 saturated carbocycles. The number of hydrogen-bond acceptors (Lipinski definition) is 1. The first-order valence-corrected chi connectivity index (χ1v) is 11.1. The highest BCUT2D eigenvalue weighted by Gasteiger charge is 2.39. The summed E-state index contributed by atoms with van der Waals surface area (Å²) in [7, 11) is 1.76. The Morgan fingerprint density at radius 1 is 1.19 bits per heavy atom. The molecule has 31 heavy (non-hydrogen) atoms. The number of allylic oxidation sites excluding steroid dienone is 1. The summed E-state index contributed by atoms with van der Waals surface area (Å²) in [6.45, 7) is 0.718. The first kappa shape index (κ1) is 24.2. The topological polar surface area (TPSA) is 24.1 Å². The van der Waals surface area contributed by atoms with Crippen LogP contribution in [0.1, 0.15) is 40.5 Å². The van der Waals surface area contributed by atoms with Gasteiger partial charge in [0, 0.05) is 19.5 Å². The van der Waals surface area contributed by atoms with Gasteiger partial charge in [0.05, 0.1) is 21.0 Å². The van der Waals surface area contributed by atoms with E-state index in [1.54, 1.807) is 7.05 Å². The van der Waals surface area contributed by atoms with Crippen molar-refractivity contribution in [3.63, 3.8) is 0 Å². The van der Waals surface area contributed by atoms with Crippen molar-refractivity contribution in [3.05, 3.63) is 73.7 Å². The Balaban J connectivity index is 1.82. The summed E-state index contributed by atoms with van der Waals surface area (Å²) >= 11 is 22.9. The van der Waals surface area contributed by atoms with Crippen molar-refractivity contribution in [1.82, 2.24) is 10.6 Å². The summed E-state index contributed by atoms with van der Waals surface area (Å²) in [6.07, 6.45) is -0.0563. The van der Waals surface area contributed by atoms with E-state index in [2.05, 4.69) is 10.6 Å². The van der Waals surface area contributed by atoms with Crippen molar-refractivity contribution in [2.24, 2.45) is 0 Å². The van der Waals surface area contributed by atoms with E-state index in [-0.39, 0.29) is 20.6 Å². The van der Waals surface area contributed by atoms with Crippen LogP contribution in [-0.4, -0.2) is 24.9 Å². The van der Waals surface area contributed by atoms with Crippen LogP contribution in [0.4, 0.5) is 13.2 Å². The summed E-state index contributed by atoms with van der Waals surface area (Å²) in [6, 6.07) is 8.16. The first-order chi connectivity index (χ1) is 14.6. The van der Waals surface area contributed by atoms with E-state index >= 15 is 0 Å². The highest BCUT2D eigenvalue weighted by Crippen LogP contribution is 2.41. The lowest BCUT2D eigenvalue weighted by atomic mass is 9.96. The van der Waals surface area contributed by atoms with Crippen LogP contribution in [-0.2, 0) is 6.42 Å². The van der Waals surface area contributed by atoms with Gasteiger partial charge >= 0.3 is 6.18 Å². The van der Waals surface area contributed by atoms with Crippen LogP contribution in [0.5, 0.6) is 0 Å². The molecule has 2 aromatic carbocycles. The van der Waals surface area contributed by atoms with E-state index in [0.29, 0.717) is 16.6 Å². The maximum atomic E-state index is 13.7. The molecule has 0 radical (unpaired) electrons. The number of alkyl halides is 3. The van der Waals surface area contributed by atoms with Crippen LogP contribution in [0.3, 0.4) is 0 Å². The molecule has 0 spiro atoms. The zero-order valence-electron chi connectivity index (χ0n) is 16.5. The van der Waals surface area contributed by atoms with Gasteiger partial charge in [-0.05, 0) is 59.4 Å². The van der Waals surface area contributed by atoms with Gasteiger partial charge in [-0.15, -0.1) is 0 Å². The summed E-state index contributed by atoms with van der Waals surface area (Å²) < 4.78 is 41.2. The Kier molecular flexibility index (Phi) is 7.79. The Bertz CT molecular complexity index is 985. The number of nitrogens with one attached hydrogen (secondary N) is 2. The highest BCUT2D eigenvalue weighted by molar-refractivity contribution is 7.80. The third-order valence-electron chi connectivity index (χ3n) is 5.30. The van der Waals surface area contributed by atoms with Crippen molar-refractivity contribution in [1.29, 1.82) is 0 Å². The average Bonchev–Trinajstić information content (AvgIpc) is 3.11.